The van der Waals surface area contributed by atoms with Gasteiger partial charge in [-0.05, 0) is 13.3 Å². The average molecular weight is 147 g/mol. The largest absolute Gasteiger partial charge is 0.261 e. The molecule has 1 rings (SSSR count). The summed E-state index contributed by atoms with van der Waals surface area (Å²) in [5.41, 5.74) is 0. The van der Waals surface area contributed by atoms with E-state index in [1.165, 1.54) is 6.42 Å². The van der Waals surface area contributed by atoms with Gasteiger partial charge >= 0.3 is 0 Å². The second-order valence-electron chi connectivity index (χ2n) is 2.18. The fourth-order valence-electron chi connectivity index (χ4n) is 0.826. The Balaban J connectivity index is 0.000000291. The van der Waals surface area contributed by atoms with Gasteiger partial charge in [0.15, 0.2) is 0 Å². The van der Waals surface area contributed by atoms with Gasteiger partial charge in [0.1, 0.15) is 0 Å². The highest BCUT2D eigenvalue weighted by atomic mass is 32.2. The summed E-state index contributed by atoms with van der Waals surface area (Å²) in [7, 11) is 0. The zero-order valence-electron chi connectivity index (χ0n) is 6.77. The van der Waals surface area contributed by atoms with Crippen molar-refractivity contribution in [2.75, 3.05) is 0 Å². The van der Waals surface area contributed by atoms with Gasteiger partial charge < -0.3 is 0 Å². The van der Waals surface area contributed by atoms with Crippen molar-refractivity contribution in [2.24, 2.45) is 0 Å². The van der Waals surface area contributed by atoms with Crippen molar-refractivity contribution >= 4 is 11.9 Å². The lowest BCUT2D eigenvalue weighted by atomic mass is 10.2. The van der Waals surface area contributed by atoms with Gasteiger partial charge in [-0.3, -0.25) is 4.72 Å². The van der Waals surface area contributed by atoms with Crippen LogP contribution in [0.5, 0.6) is 0 Å². The van der Waals surface area contributed by atoms with Crippen molar-refractivity contribution in [3.05, 3.63) is 0 Å². The Kier molecular flexibility index (Phi) is 5.30. The van der Waals surface area contributed by atoms with Gasteiger partial charge in [-0.25, -0.2) is 0 Å². The molecule has 1 heterocycles. The van der Waals surface area contributed by atoms with Crippen LogP contribution < -0.4 is 4.72 Å². The number of hydrogen-bond donors (Lipinski definition) is 1. The zero-order valence-corrected chi connectivity index (χ0v) is 7.59. The Morgan fingerprint density at radius 1 is 1.33 bits per heavy atom. The lowest BCUT2D eigenvalue weighted by molar-refractivity contribution is 0.670. The van der Waals surface area contributed by atoms with Crippen LogP contribution in [-0.4, -0.2) is 11.3 Å². The van der Waals surface area contributed by atoms with E-state index in [1.807, 2.05) is 25.8 Å². The Labute approximate surface area is 62.7 Å². The molecule has 0 amide bonds. The Bertz CT molecular complexity index is 57.9. The molecule has 0 spiro atoms. The predicted octanol–water partition coefficient (Wildman–Crippen LogP) is 2.43. The van der Waals surface area contributed by atoms with E-state index >= 15 is 0 Å². The van der Waals surface area contributed by atoms with Crippen molar-refractivity contribution in [2.45, 2.75) is 45.4 Å². The molecule has 1 fully saturated rings. The van der Waals surface area contributed by atoms with Crippen molar-refractivity contribution in [1.29, 1.82) is 0 Å². The van der Waals surface area contributed by atoms with E-state index in [0.717, 1.165) is 11.3 Å². The average Bonchev–Trinajstić information content (AvgIpc) is 2.20. The molecular formula is C7H17NS. The molecule has 2 heteroatoms. The summed E-state index contributed by atoms with van der Waals surface area (Å²) in [4.78, 5) is 0. The lowest BCUT2D eigenvalue weighted by Crippen LogP contribution is -2.09. The van der Waals surface area contributed by atoms with Crippen LogP contribution in [0, 0.1) is 0 Å². The Morgan fingerprint density at radius 3 is 2.00 bits per heavy atom. The summed E-state index contributed by atoms with van der Waals surface area (Å²) in [6.07, 6.45) is 1.32. The second kappa shape index (κ2) is 5.12. The van der Waals surface area contributed by atoms with Crippen LogP contribution in [0.1, 0.15) is 34.1 Å². The van der Waals surface area contributed by atoms with Crippen LogP contribution >= 0.6 is 11.9 Å². The quantitative estimate of drug-likeness (QED) is 0.528. The van der Waals surface area contributed by atoms with Gasteiger partial charge in [0.25, 0.3) is 0 Å². The molecule has 0 aliphatic carbocycles. The molecule has 0 saturated carbocycles. The van der Waals surface area contributed by atoms with Crippen LogP contribution in [0.4, 0.5) is 0 Å². The second-order valence-corrected chi connectivity index (χ2v) is 3.46. The lowest BCUT2D eigenvalue weighted by Gasteiger charge is -1.94. The monoisotopic (exact) mass is 147 g/mol. The summed E-state index contributed by atoms with van der Waals surface area (Å²) in [5.74, 6) is 0. The molecule has 9 heavy (non-hydrogen) atoms. The summed E-state index contributed by atoms with van der Waals surface area (Å²) in [6.45, 7) is 8.47. The minimum atomic E-state index is 0.736. The molecule has 1 aliphatic rings. The minimum absolute atomic E-state index is 0.736. The van der Waals surface area contributed by atoms with E-state index in [0.29, 0.717) is 0 Å². The van der Waals surface area contributed by atoms with Crippen LogP contribution in [0.25, 0.3) is 0 Å². The van der Waals surface area contributed by atoms with E-state index in [-0.39, 0.29) is 0 Å². The highest BCUT2D eigenvalue weighted by Gasteiger charge is 2.15. The van der Waals surface area contributed by atoms with Crippen LogP contribution in [0.15, 0.2) is 0 Å². The molecule has 2 atom stereocenters. The normalized spacial score (nSPS) is 33.3. The van der Waals surface area contributed by atoms with Gasteiger partial charge in [-0.1, -0.05) is 32.7 Å². The van der Waals surface area contributed by atoms with Crippen LogP contribution in [0.2, 0.25) is 0 Å². The zero-order chi connectivity index (χ0) is 7.28. The van der Waals surface area contributed by atoms with Gasteiger partial charge in [-0.2, -0.15) is 0 Å². The van der Waals surface area contributed by atoms with Gasteiger partial charge in [-0.15, -0.1) is 0 Å². The van der Waals surface area contributed by atoms with E-state index in [1.54, 1.807) is 0 Å². The van der Waals surface area contributed by atoms with Crippen molar-refractivity contribution in [1.82, 2.24) is 4.72 Å². The third-order valence-corrected chi connectivity index (χ3v) is 2.29. The molecule has 2 unspecified atom stereocenters. The van der Waals surface area contributed by atoms with Crippen LogP contribution in [-0.2, 0) is 0 Å². The highest BCUT2D eigenvalue weighted by molar-refractivity contribution is 7.98. The molecule has 1 aliphatic heterocycles. The maximum atomic E-state index is 3.29. The molecule has 0 bridgehead atoms. The Morgan fingerprint density at radius 2 is 1.89 bits per heavy atom. The first-order valence-corrected chi connectivity index (χ1v) is 4.58. The van der Waals surface area contributed by atoms with E-state index in [2.05, 4.69) is 18.6 Å². The summed E-state index contributed by atoms with van der Waals surface area (Å²) in [6, 6.07) is 0.736. The fraction of sp³-hybridized carbons (Fsp3) is 1.00. The van der Waals surface area contributed by atoms with Crippen molar-refractivity contribution in [3.63, 3.8) is 0 Å². The third-order valence-electron chi connectivity index (χ3n) is 1.16. The number of rotatable bonds is 0. The molecule has 0 aromatic carbocycles. The first kappa shape index (κ1) is 9.31. The first-order chi connectivity index (χ1) is 4.29. The minimum Gasteiger partial charge on any atom is -0.261 e. The molecule has 0 aromatic heterocycles. The summed E-state index contributed by atoms with van der Waals surface area (Å²) in [5, 5.41) is 0.829. The van der Waals surface area contributed by atoms with E-state index in [9.17, 15) is 0 Å². The molecule has 0 radical (unpaired) electrons. The number of nitrogens with one attached hydrogen (secondary N) is 1. The number of hydrogen-bond acceptors (Lipinski definition) is 2. The van der Waals surface area contributed by atoms with Gasteiger partial charge in [0.05, 0.1) is 0 Å². The molecule has 56 valence electrons. The summed E-state index contributed by atoms with van der Waals surface area (Å²) < 4.78 is 3.29. The highest BCUT2D eigenvalue weighted by Crippen LogP contribution is 2.20. The molecule has 1 N–H and O–H groups in total. The fourth-order valence-corrected chi connectivity index (χ4v) is 1.77. The van der Waals surface area contributed by atoms with Gasteiger partial charge in [0, 0.05) is 11.3 Å². The molecule has 1 nitrogen and oxygen atoms in total. The smallest absolute Gasteiger partial charge is 0.0179 e. The third kappa shape index (κ3) is 3.82. The SMILES string of the molecule is CC.CC1CC(C)SN1. The van der Waals surface area contributed by atoms with E-state index < -0.39 is 0 Å². The Hall–Kier alpha value is 0.310. The maximum Gasteiger partial charge on any atom is 0.0179 e. The standard InChI is InChI=1S/C5H11NS.C2H6/c1-4-3-5(2)7-6-4;1-2/h4-6H,3H2,1-2H3;1-2H3. The molecule has 1 saturated heterocycles. The predicted molar refractivity (Wildman–Crippen MR) is 45.6 cm³/mol. The topological polar surface area (TPSA) is 12.0 Å². The first-order valence-electron chi connectivity index (χ1n) is 3.70. The van der Waals surface area contributed by atoms with Gasteiger partial charge in [0.2, 0.25) is 0 Å². The summed E-state index contributed by atoms with van der Waals surface area (Å²) >= 11 is 1.86. The molecule has 0 aromatic rings. The maximum absolute atomic E-state index is 3.29. The van der Waals surface area contributed by atoms with Crippen molar-refractivity contribution in [3.8, 4) is 0 Å². The van der Waals surface area contributed by atoms with Crippen molar-refractivity contribution < 1.29 is 0 Å². The van der Waals surface area contributed by atoms with E-state index in [4.69, 9.17) is 0 Å². The molecular weight excluding hydrogens is 130 g/mol. The van der Waals surface area contributed by atoms with Crippen LogP contribution in [0.3, 0.4) is 0 Å².